The Balaban J connectivity index is 2.56. The Labute approximate surface area is 78.9 Å². The molecule has 1 rings (SSSR count). The number of hydrogen-bond acceptors (Lipinski definition) is 2. The van der Waals surface area contributed by atoms with E-state index in [4.69, 9.17) is 11.7 Å². The van der Waals surface area contributed by atoms with Crippen molar-refractivity contribution in [1.29, 1.82) is 5.26 Å². The van der Waals surface area contributed by atoms with Gasteiger partial charge in [-0.15, -0.1) is 12.3 Å². The number of nitriles is 1. The monoisotopic (exact) mass is 175 g/mol. The van der Waals surface area contributed by atoms with Gasteiger partial charge in [0, 0.05) is 12.8 Å². The zero-order chi connectivity index (χ0) is 9.68. The molecule has 0 amide bonds. The summed E-state index contributed by atoms with van der Waals surface area (Å²) in [7, 11) is 0. The predicted molar refractivity (Wildman–Crippen MR) is 49.5 cm³/mol. The van der Waals surface area contributed by atoms with E-state index < -0.39 is 0 Å². The maximum atomic E-state index is 11.3. The minimum atomic E-state index is -0.387. The molecule has 0 aromatic heterocycles. The predicted octanol–water partition coefficient (Wildman–Crippen LogP) is 1.91. The highest BCUT2D eigenvalue weighted by Crippen LogP contribution is 2.30. The lowest BCUT2D eigenvalue weighted by Gasteiger charge is -2.24. The zero-order valence-corrected chi connectivity index (χ0v) is 7.62. The van der Waals surface area contributed by atoms with E-state index in [1.807, 2.05) is 0 Å². The summed E-state index contributed by atoms with van der Waals surface area (Å²) in [5.41, 5.74) is 0. The molecule has 1 aliphatic rings. The maximum absolute atomic E-state index is 11.3. The van der Waals surface area contributed by atoms with Gasteiger partial charge in [-0.3, -0.25) is 4.79 Å². The lowest BCUT2D eigenvalue weighted by atomic mass is 9.77. The van der Waals surface area contributed by atoms with Gasteiger partial charge in [0.1, 0.15) is 11.7 Å². The third-order valence-electron chi connectivity index (χ3n) is 2.61. The van der Waals surface area contributed by atoms with Gasteiger partial charge in [0.05, 0.1) is 6.07 Å². The Morgan fingerprint density at radius 1 is 1.62 bits per heavy atom. The van der Waals surface area contributed by atoms with Gasteiger partial charge in [-0.2, -0.15) is 5.26 Å². The van der Waals surface area contributed by atoms with Crippen molar-refractivity contribution in [2.45, 2.75) is 32.1 Å². The fourth-order valence-corrected chi connectivity index (χ4v) is 1.88. The highest BCUT2D eigenvalue weighted by Gasteiger charge is 2.30. The van der Waals surface area contributed by atoms with E-state index in [0.717, 1.165) is 19.3 Å². The van der Waals surface area contributed by atoms with Crippen LogP contribution in [0.1, 0.15) is 32.1 Å². The molecule has 13 heavy (non-hydrogen) atoms. The van der Waals surface area contributed by atoms with E-state index in [-0.39, 0.29) is 17.6 Å². The second-order valence-corrected chi connectivity index (χ2v) is 3.47. The zero-order valence-electron chi connectivity index (χ0n) is 7.62. The minimum absolute atomic E-state index is 0.107. The Hall–Kier alpha value is -1.28. The van der Waals surface area contributed by atoms with Crippen LogP contribution < -0.4 is 0 Å². The molecule has 2 heteroatoms. The average Bonchev–Trinajstić information content (AvgIpc) is 2.15. The normalized spacial score (nSPS) is 27.7. The Morgan fingerprint density at radius 3 is 3.00 bits per heavy atom. The molecular weight excluding hydrogens is 162 g/mol. The standard InChI is InChI=1S/C11H13NO/c1-2-3-5-9-6-4-7-11(13)10(9)8-12/h1,9-10H,3-7H2. The molecule has 0 radical (unpaired) electrons. The van der Waals surface area contributed by atoms with Crippen LogP contribution in [0.3, 0.4) is 0 Å². The molecular formula is C11H13NO. The lowest BCUT2D eigenvalue weighted by molar-refractivity contribution is -0.124. The molecule has 1 fully saturated rings. The fourth-order valence-electron chi connectivity index (χ4n) is 1.88. The SMILES string of the molecule is C#CCCC1CCCC(=O)C1C#N. The van der Waals surface area contributed by atoms with Gasteiger partial charge < -0.3 is 0 Å². The number of Topliss-reactive ketones (excluding diaryl/α,β-unsaturated/α-hetero) is 1. The topological polar surface area (TPSA) is 40.9 Å². The van der Waals surface area contributed by atoms with Crippen molar-refractivity contribution in [3.63, 3.8) is 0 Å². The van der Waals surface area contributed by atoms with Crippen LogP contribution in [0.4, 0.5) is 0 Å². The summed E-state index contributed by atoms with van der Waals surface area (Å²) in [6.45, 7) is 0. The summed E-state index contributed by atoms with van der Waals surface area (Å²) in [6, 6.07) is 2.09. The molecule has 0 aromatic rings. The number of carbonyl (C=O) groups excluding carboxylic acids is 1. The Morgan fingerprint density at radius 2 is 2.38 bits per heavy atom. The van der Waals surface area contributed by atoms with E-state index in [2.05, 4.69) is 12.0 Å². The van der Waals surface area contributed by atoms with Crippen molar-refractivity contribution in [3.05, 3.63) is 0 Å². The number of hydrogen-bond donors (Lipinski definition) is 0. The molecule has 2 unspecified atom stereocenters. The van der Waals surface area contributed by atoms with Crippen LogP contribution in [0.15, 0.2) is 0 Å². The molecule has 0 bridgehead atoms. The summed E-state index contributed by atoms with van der Waals surface area (Å²) in [5.74, 6) is 2.48. The molecule has 0 aliphatic heterocycles. The number of ketones is 1. The summed E-state index contributed by atoms with van der Waals surface area (Å²) in [4.78, 5) is 11.3. The van der Waals surface area contributed by atoms with E-state index in [1.54, 1.807) is 0 Å². The quantitative estimate of drug-likeness (QED) is 0.601. The summed E-state index contributed by atoms with van der Waals surface area (Å²) in [5, 5.41) is 8.81. The first-order valence-corrected chi connectivity index (χ1v) is 4.65. The van der Waals surface area contributed by atoms with Crippen LogP contribution in [-0.4, -0.2) is 5.78 Å². The molecule has 2 nitrogen and oxygen atoms in total. The van der Waals surface area contributed by atoms with Crippen LogP contribution in [0.2, 0.25) is 0 Å². The lowest BCUT2D eigenvalue weighted by Crippen LogP contribution is -2.27. The van der Waals surface area contributed by atoms with E-state index in [9.17, 15) is 4.79 Å². The van der Waals surface area contributed by atoms with Gasteiger partial charge in [0.15, 0.2) is 0 Å². The molecule has 0 spiro atoms. The van der Waals surface area contributed by atoms with Crippen LogP contribution in [-0.2, 0) is 4.79 Å². The molecule has 0 N–H and O–H groups in total. The Bertz CT molecular complexity index is 269. The minimum Gasteiger partial charge on any atom is -0.298 e. The van der Waals surface area contributed by atoms with Crippen molar-refractivity contribution in [1.82, 2.24) is 0 Å². The smallest absolute Gasteiger partial charge is 0.150 e. The molecule has 68 valence electrons. The van der Waals surface area contributed by atoms with Gasteiger partial charge in [-0.1, -0.05) is 0 Å². The number of rotatable bonds is 2. The number of nitrogens with zero attached hydrogens (tertiary/aromatic N) is 1. The second kappa shape index (κ2) is 4.67. The third-order valence-corrected chi connectivity index (χ3v) is 2.61. The van der Waals surface area contributed by atoms with Gasteiger partial charge in [-0.05, 0) is 25.2 Å². The summed E-state index contributed by atoms with van der Waals surface area (Å²) < 4.78 is 0. The van der Waals surface area contributed by atoms with E-state index >= 15 is 0 Å². The van der Waals surface area contributed by atoms with Crippen molar-refractivity contribution >= 4 is 5.78 Å². The Kier molecular flexibility index (Phi) is 3.53. The highest BCUT2D eigenvalue weighted by molar-refractivity contribution is 5.84. The second-order valence-electron chi connectivity index (χ2n) is 3.47. The summed E-state index contributed by atoms with van der Waals surface area (Å²) >= 11 is 0. The van der Waals surface area contributed by atoms with Gasteiger partial charge in [0.25, 0.3) is 0 Å². The van der Waals surface area contributed by atoms with Gasteiger partial charge >= 0.3 is 0 Å². The first kappa shape index (κ1) is 9.81. The third kappa shape index (κ3) is 2.33. The van der Waals surface area contributed by atoms with Gasteiger partial charge in [-0.25, -0.2) is 0 Å². The molecule has 1 saturated carbocycles. The largest absolute Gasteiger partial charge is 0.298 e. The highest BCUT2D eigenvalue weighted by atomic mass is 16.1. The molecule has 0 heterocycles. The first-order chi connectivity index (χ1) is 6.29. The molecule has 1 aliphatic carbocycles. The fraction of sp³-hybridized carbons (Fsp3) is 0.636. The van der Waals surface area contributed by atoms with Crippen LogP contribution in [0.5, 0.6) is 0 Å². The van der Waals surface area contributed by atoms with Crippen molar-refractivity contribution < 1.29 is 4.79 Å². The number of carbonyl (C=O) groups is 1. The van der Waals surface area contributed by atoms with Gasteiger partial charge in [0.2, 0.25) is 0 Å². The number of terminal acetylenes is 1. The maximum Gasteiger partial charge on any atom is 0.150 e. The molecule has 0 aromatic carbocycles. The van der Waals surface area contributed by atoms with E-state index in [1.165, 1.54) is 0 Å². The van der Waals surface area contributed by atoms with Crippen LogP contribution in [0.25, 0.3) is 0 Å². The first-order valence-electron chi connectivity index (χ1n) is 4.65. The average molecular weight is 175 g/mol. The molecule has 0 saturated heterocycles. The summed E-state index contributed by atoms with van der Waals surface area (Å²) in [6.07, 6.45) is 9.12. The van der Waals surface area contributed by atoms with Crippen molar-refractivity contribution in [2.24, 2.45) is 11.8 Å². The van der Waals surface area contributed by atoms with Crippen LogP contribution in [0, 0.1) is 35.5 Å². The molecule has 2 atom stereocenters. The van der Waals surface area contributed by atoms with Crippen molar-refractivity contribution in [2.75, 3.05) is 0 Å². The van der Waals surface area contributed by atoms with Crippen molar-refractivity contribution in [3.8, 4) is 18.4 Å². The van der Waals surface area contributed by atoms with Crippen LogP contribution >= 0.6 is 0 Å². The van der Waals surface area contributed by atoms with E-state index in [0.29, 0.717) is 12.8 Å².